The number of phenolic OH excluding ortho intramolecular Hbond substituents is 1. The summed E-state index contributed by atoms with van der Waals surface area (Å²) < 4.78 is 1.94. The Bertz CT molecular complexity index is 1390. The molecule has 0 aliphatic heterocycles. The van der Waals surface area contributed by atoms with Crippen molar-refractivity contribution in [2.24, 2.45) is 0 Å². The van der Waals surface area contributed by atoms with Gasteiger partial charge in [0.25, 0.3) is 0 Å². The summed E-state index contributed by atoms with van der Waals surface area (Å²) in [5, 5.41) is 19.9. The van der Waals surface area contributed by atoms with Gasteiger partial charge in [0.1, 0.15) is 5.75 Å². The van der Waals surface area contributed by atoms with Crippen molar-refractivity contribution in [1.29, 1.82) is 0 Å². The summed E-state index contributed by atoms with van der Waals surface area (Å²) in [4.78, 5) is 13.2. The maximum atomic E-state index is 13.2. The molecule has 4 rings (SSSR count). The molecule has 0 saturated carbocycles. The van der Waals surface area contributed by atoms with Gasteiger partial charge in [-0.05, 0) is 64.6 Å². The number of nitrogens with zero attached hydrogens (tertiary/aromatic N) is 2. The third kappa shape index (κ3) is 5.30. The van der Waals surface area contributed by atoms with Crippen molar-refractivity contribution in [3.63, 3.8) is 0 Å². The van der Waals surface area contributed by atoms with Crippen LogP contribution in [0.1, 0.15) is 76.9 Å². The lowest BCUT2D eigenvalue weighted by molar-refractivity contribution is -0.122. The Morgan fingerprint density at radius 2 is 1.64 bits per heavy atom. The van der Waals surface area contributed by atoms with Crippen LogP contribution in [-0.4, -0.2) is 20.8 Å². The first kappa shape index (κ1) is 25.5. The highest BCUT2D eigenvalue weighted by atomic mass is 16.3. The first-order valence-electron chi connectivity index (χ1n) is 12.5. The molecule has 0 radical (unpaired) electrons. The molecule has 0 bridgehead atoms. The van der Waals surface area contributed by atoms with Crippen LogP contribution in [-0.2, 0) is 22.2 Å². The molecule has 5 nitrogen and oxygen atoms in total. The lowest BCUT2D eigenvalue weighted by atomic mass is 9.87. The summed E-state index contributed by atoms with van der Waals surface area (Å²) in [5.74, 6) is -0.252. The molecule has 0 aliphatic rings. The van der Waals surface area contributed by atoms with E-state index in [0.717, 1.165) is 33.4 Å². The van der Waals surface area contributed by atoms with E-state index < -0.39 is 0 Å². The monoisotopic (exact) mass is 483 g/mol. The molecule has 1 aromatic heterocycles. The zero-order chi connectivity index (χ0) is 26.3. The van der Waals surface area contributed by atoms with Gasteiger partial charge in [0.15, 0.2) is 0 Å². The Morgan fingerprint density at radius 1 is 0.944 bits per heavy atom. The lowest BCUT2D eigenvalue weighted by Gasteiger charge is -2.19. The number of amides is 1. The molecule has 1 atom stereocenters. The van der Waals surface area contributed by atoms with E-state index in [4.69, 9.17) is 5.10 Å². The Hall–Kier alpha value is -3.60. The van der Waals surface area contributed by atoms with Gasteiger partial charge in [-0.3, -0.25) is 4.79 Å². The van der Waals surface area contributed by atoms with Gasteiger partial charge >= 0.3 is 0 Å². The van der Waals surface area contributed by atoms with Gasteiger partial charge in [-0.25, -0.2) is 4.68 Å². The van der Waals surface area contributed by atoms with Gasteiger partial charge in [0.2, 0.25) is 5.91 Å². The lowest BCUT2D eigenvalue weighted by Crippen LogP contribution is -2.28. The van der Waals surface area contributed by atoms with Crippen LogP contribution in [0, 0.1) is 0 Å². The minimum absolute atomic E-state index is 0.0704. The fourth-order valence-electron chi connectivity index (χ4n) is 4.37. The van der Waals surface area contributed by atoms with E-state index in [1.165, 1.54) is 5.56 Å². The molecule has 0 aliphatic carbocycles. The van der Waals surface area contributed by atoms with Crippen LogP contribution in [0.5, 0.6) is 5.75 Å². The fraction of sp³-hybridized carbons (Fsp3) is 0.355. The Labute approximate surface area is 214 Å². The zero-order valence-electron chi connectivity index (χ0n) is 22.4. The summed E-state index contributed by atoms with van der Waals surface area (Å²) in [6.45, 7) is 15.3. The highest BCUT2D eigenvalue weighted by Crippen LogP contribution is 2.29. The number of aromatic nitrogens is 2. The normalized spacial score (nSPS) is 13.1. The first-order valence-corrected chi connectivity index (χ1v) is 12.5. The predicted molar refractivity (Wildman–Crippen MR) is 147 cm³/mol. The molecule has 3 aromatic carbocycles. The summed E-state index contributed by atoms with van der Waals surface area (Å²) in [5.41, 5.74) is 4.99. The first-order chi connectivity index (χ1) is 16.8. The SMILES string of the molecule is CC(C(=O)NCc1cc(C(C)(C)C)nn1-c1ccc(C(C)(C)C)cc1)c1cccc2ccc(O)cc12. The van der Waals surface area contributed by atoms with Crippen LogP contribution >= 0.6 is 0 Å². The van der Waals surface area contributed by atoms with Crippen LogP contribution in [0.2, 0.25) is 0 Å². The minimum Gasteiger partial charge on any atom is -0.508 e. The number of carbonyl (C=O) groups excluding carboxylic acids is 1. The van der Waals surface area contributed by atoms with E-state index in [9.17, 15) is 9.90 Å². The van der Waals surface area contributed by atoms with Crippen LogP contribution in [0.3, 0.4) is 0 Å². The van der Waals surface area contributed by atoms with E-state index in [1.54, 1.807) is 12.1 Å². The minimum atomic E-state index is -0.375. The predicted octanol–water partition coefficient (Wildman–Crippen LogP) is 6.75. The highest BCUT2D eigenvalue weighted by Gasteiger charge is 2.23. The Kier molecular flexibility index (Phi) is 6.70. The number of hydrogen-bond donors (Lipinski definition) is 2. The van der Waals surface area contributed by atoms with Crippen molar-refractivity contribution in [3.8, 4) is 11.4 Å². The van der Waals surface area contributed by atoms with Crippen LogP contribution in [0.25, 0.3) is 16.5 Å². The number of carbonyl (C=O) groups is 1. The van der Waals surface area contributed by atoms with Gasteiger partial charge in [0, 0.05) is 5.41 Å². The average Bonchev–Trinajstić information content (AvgIpc) is 3.26. The maximum absolute atomic E-state index is 13.2. The summed E-state index contributed by atoms with van der Waals surface area (Å²) in [7, 11) is 0. The molecule has 4 aromatic rings. The maximum Gasteiger partial charge on any atom is 0.227 e. The van der Waals surface area contributed by atoms with E-state index in [-0.39, 0.29) is 28.4 Å². The van der Waals surface area contributed by atoms with Gasteiger partial charge in [0.05, 0.1) is 29.5 Å². The van der Waals surface area contributed by atoms with E-state index in [0.29, 0.717) is 6.54 Å². The molecular formula is C31H37N3O2. The van der Waals surface area contributed by atoms with Crippen LogP contribution in [0.4, 0.5) is 0 Å². The van der Waals surface area contributed by atoms with Gasteiger partial charge < -0.3 is 10.4 Å². The van der Waals surface area contributed by atoms with Crippen molar-refractivity contribution in [2.45, 2.75) is 71.8 Å². The smallest absolute Gasteiger partial charge is 0.227 e. The van der Waals surface area contributed by atoms with Crippen molar-refractivity contribution in [1.82, 2.24) is 15.1 Å². The third-order valence-electron chi connectivity index (χ3n) is 6.73. The topological polar surface area (TPSA) is 67.2 Å². The molecule has 0 spiro atoms. The van der Waals surface area contributed by atoms with Crippen molar-refractivity contribution >= 4 is 16.7 Å². The van der Waals surface area contributed by atoms with Crippen molar-refractivity contribution < 1.29 is 9.90 Å². The number of rotatable bonds is 5. The molecule has 2 N–H and O–H groups in total. The molecule has 1 amide bonds. The Morgan fingerprint density at radius 3 is 2.28 bits per heavy atom. The molecule has 0 saturated heterocycles. The molecule has 1 heterocycles. The van der Waals surface area contributed by atoms with Crippen molar-refractivity contribution in [3.05, 3.63) is 89.2 Å². The molecule has 1 unspecified atom stereocenters. The van der Waals surface area contributed by atoms with E-state index in [2.05, 4.69) is 77.2 Å². The summed E-state index contributed by atoms with van der Waals surface area (Å²) in [6.07, 6.45) is 0. The highest BCUT2D eigenvalue weighted by molar-refractivity contribution is 5.93. The number of phenols is 1. The standard InChI is InChI=1S/C31H37N3O2/c1-20(26-10-8-9-21-11-16-25(35)18-27(21)26)29(36)32-19-24-17-28(31(5,6)7)33-34(24)23-14-12-22(13-15-23)30(2,3)4/h8-18,20,35H,19H2,1-7H3,(H,32,36). The van der Waals surface area contributed by atoms with Crippen LogP contribution < -0.4 is 5.32 Å². The number of fused-ring (bicyclic) bond motifs is 1. The molecule has 0 fully saturated rings. The van der Waals surface area contributed by atoms with E-state index in [1.807, 2.05) is 35.9 Å². The number of nitrogens with one attached hydrogen (secondary N) is 1. The second kappa shape index (κ2) is 9.45. The largest absolute Gasteiger partial charge is 0.508 e. The number of benzene rings is 3. The summed E-state index contributed by atoms with van der Waals surface area (Å²) in [6, 6.07) is 21.7. The zero-order valence-corrected chi connectivity index (χ0v) is 22.4. The average molecular weight is 484 g/mol. The van der Waals surface area contributed by atoms with Gasteiger partial charge in [-0.15, -0.1) is 0 Å². The van der Waals surface area contributed by atoms with Crippen LogP contribution in [0.15, 0.2) is 66.7 Å². The van der Waals surface area contributed by atoms with Crippen molar-refractivity contribution in [2.75, 3.05) is 0 Å². The molecular weight excluding hydrogens is 446 g/mol. The molecule has 5 heteroatoms. The third-order valence-corrected chi connectivity index (χ3v) is 6.73. The Balaban J connectivity index is 1.60. The molecule has 188 valence electrons. The number of hydrogen-bond acceptors (Lipinski definition) is 3. The fourth-order valence-corrected chi connectivity index (χ4v) is 4.37. The second-order valence-corrected chi connectivity index (χ2v) is 11.7. The van der Waals surface area contributed by atoms with E-state index >= 15 is 0 Å². The second-order valence-electron chi connectivity index (χ2n) is 11.7. The summed E-state index contributed by atoms with van der Waals surface area (Å²) >= 11 is 0. The number of aromatic hydroxyl groups is 1. The van der Waals surface area contributed by atoms with Gasteiger partial charge in [-0.1, -0.05) is 77.9 Å². The quantitative estimate of drug-likeness (QED) is 0.330. The molecule has 36 heavy (non-hydrogen) atoms. The van der Waals surface area contributed by atoms with Gasteiger partial charge in [-0.2, -0.15) is 5.10 Å².